The van der Waals surface area contributed by atoms with Crippen LogP contribution in [0.25, 0.3) is 11.3 Å². The highest BCUT2D eigenvalue weighted by Gasteiger charge is 2.27. The Morgan fingerprint density at radius 2 is 2.05 bits per heavy atom. The molecule has 2 unspecified atom stereocenters. The van der Waals surface area contributed by atoms with Crippen LogP contribution in [0.2, 0.25) is 0 Å². The molecule has 3 N–H and O–H groups in total. The van der Waals surface area contributed by atoms with Gasteiger partial charge in [-0.3, -0.25) is 4.79 Å². The molecular weight excluding hydrogens is 276 g/mol. The Balaban J connectivity index is 1.96. The molecule has 1 aliphatic rings. The predicted molar refractivity (Wildman–Crippen MR) is 87.7 cm³/mol. The van der Waals surface area contributed by atoms with E-state index in [0.29, 0.717) is 0 Å². The van der Waals surface area contributed by atoms with E-state index in [4.69, 9.17) is 10.7 Å². The Kier molecular flexibility index (Phi) is 3.74. The number of anilines is 1. The zero-order chi connectivity index (χ0) is 15.9. The largest absolute Gasteiger partial charge is 0.327 e. The van der Waals surface area contributed by atoms with Gasteiger partial charge in [0.25, 0.3) is 0 Å². The van der Waals surface area contributed by atoms with Crippen LogP contribution in [0.1, 0.15) is 37.8 Å². The zero-order valence-electron chi connectivity index (χ0n) is 13.3. The molecule has 5 nitrogen and oxygen atoms in total. The van der Waals surface area contributed by atoms with Gasteiger partial charge < -0.3 is 15.6 Å². The van der Waals surface area contributed by atoms with Crippen LogP contribution in [-0.2, 0) is 11.2 Å². The lowest BCUT2D eigenvalue weighted by atomic mass is 10.0. The van der Waals surface area contributed by atoms with Crippen LogP contribution in [0.15, 0.2) is 24.3 Å². The van der Waals surface area contributed by atoms with Gasteiger partial charge in [-0.25, -0.2) is 4.98 Å². The first-order chi connectivity index (χ1) is 10.5. The summed E-state index contributed by atoms with van der Waals surface area (Å²) in [5.41, 5.74) is 10.2. The SMILES string of the molecule is CC(=O)Nc1ccc(-c2nc3n(c2C)C(C)C(N)CC3)cc1. The number of carbonyl (C=O) groups is 1. The molecule has 116 valence electrons. The lowest BCUT2D eigenvalue weighted by molar-refractivity contribution is -0.114. The maximum Gasteiger partial charge on any atom is 0.221 e. The molecule has 0 fully saturated rings. The topological polar surface area (TPSA) is 72.9 Å². The fourth-order valence-electron chi connectivity index (χ4n) is 3.20. The second-order valence-corrected chi connectivity index (χ2v) is 6.03. The van der Waals surface area contributed by atoms with Gasteiger partial charge in [-0.1, -0.05) is 12.1 Å². The van der Waals surface area contributed by atoms with Crippen molar-refractivity contribution < 1.29 is 4.79 Å². The van der Waals surface area contributed by atoms with Crippen LogP contribution in [0.4, 0.5) is 5.69 Å². The number of nitrogens with two attached hydrogens (primary N) is 1. The highest BCUT2D eigenvalue weighted by molar-refractivity contribution is 5.88. The number of imidazole rings is 1. The number of amides is 1. The van der Waals surface area contributed by atoms with Crippen molar-refractivity contribution in [3.05, 3.63) is 35.8 Å². The number of aryl methyl sites for hydroxylation is 1. The molecule has 0 radical (unpaired) electrons. The highest BCUT2D eigenvalue weighted by Crippen LogP contribution is 2.32. The van der Waals surface area contributed by atoms with Crippen molar-refractivity contribution >= 4 is 11.6 Å². The third-order valence-electron chi connectivity index (χ3n) is 4.43. The summed E-state index contributed by atoms with van der Waals surface area (Å²) in [6.45, 7) is 5.76. The molecule has 2 aromatic rings. The van der Waals surface area contributed by atoms with Crippen molar-refractivity contribution in [2.45, 2.75) is 45.7 Å². The number of nitrogens with zero attached hydrogens (tertiary/aromatic N) is 2. The maximum atomic E-state index is 11.1. The third-order valence-corrected chi connectivity index (χ3v) is 4.43. The van der Waals surface area contributed by atoms with E-state index in [0.717, 1.165) is 41.3 Å². The molecule has 2 heterocycles. The monoisotopic (exact) mass is 298 g/mol. The maximum absolute atomic E-state index is 11.1. The molecule has 0 saturated heterocycles. The number of hydrogen-bond acceptors (Lipinski definition) is 3. The van der Waals surface area contributed by atoms with Crippen LogP contribution in [-0.4, -0.2) is 21.5 Å². The molecule has 0 saturated carbocycles. The normalized spacial score (nSPS) is 20.5. The number of aromatic nitrogens is 2. The van der Waals surface area contributed by atoms with Crippen molar-refractivity contribution in [1.82, 2.24) is 9.55 Å². The molecule has 1 amide bonds. The van der Waals surface area contributed by atoms with Crippen molar-refractivity contribution in [1.29, 1.82) is 0 Å². The van der Waals surface area contributed by atoms with E-state index in [9.17, 15) is 4.79 Å². The average molecular weight is 298 g/mol. The van der Waals surface area contributed by atoms with Crippen molar-refractivity contribution in [3.8, 4) is 11.3 Å². The molecule has 5 heteroatoms. The van der Waals surface area contributed by atoms with E-state index in [2.05, 4.69) is 23.7 Å². The highest BCUT2D eigenvalue weighted by atomic mass is 16.1. The Labute approximate surface area is 130 Å². The van der Waals surface area contributed by atoms with Crippen LogP contribution >= 0.6 is 0 Å². The summed E-state index contributed by atoms with van der Waals surface area (Å²) in [4.78, 5) is 15.9. The Hall–Kier alpha value is -2.14. The molecule has 0 spiro atoms. The number of nitrogens with one attached hydrogen (secondary N) is 1. The smallest absolute Gasteiger partial charge is 0.221 e. The number of carbonyl (C=O) groups excluding carboxylic acids is 1. The second-order valence-electron chi connectivity index (χ2n) is 6.03. The van der Waals surface area contributed by atoms with Gasteiger partial charge in [0.15, 0.2) is 0 Å². The summed E-state index contributed by atoms with van der Waals surface area (Å²) in [6, 6.07) is 8.28. The second kappa shape index (κ2) is 5.57. The lowest BCUT2D eigenvalue weighted by Gasteiger charge is -2.29. The van der Waals surface area contributed by atoms with E-state index < -0.39 is 0 Å². The quantitative estimate of drug-likeness (QED) is 0.895. The number of rotatable bonds is 2. The van der Waals surface area contributed by atoms with Gasteiger partial charge in [0.2, 0.25) is 5.91 Å². The minimum absolute atomic E-state index is 0.0656. The van der Waals surface area contributed by atoms with E-state index in [-0.39, 0.29) is 18.0 Å². The van der Waals surface area contributed by atoms with Crippen molar-refractivity contribution in [2.24, 2.45) is 5.73 Å². The lowest BCUT2D eigenvalue weighted by Crippen LogP contribution is -2.36. The summed E-state index contributed by atoms with van der Waals surface area (Å²) in [5, 5.41) is 2.78. The molecular formula is C17H22N4O. The van der Waals surface area contributed by atoms with Gasteiger partial charge in [-0.2, -0.15) is 0 Å². The van der Waals surface area contributed by atoms with Gasteiger partial charge in [-0.05, 0) is 32.4 Å². The Morgan fingerprint density at radius 1 is 1.36 bits per heavy atom. The number of benzene rings is 1. The predicted octanol–water partition coefficient (Wildman–Crippen LogP) is 2.65. The summed E-state index contributed by atoms with van der Waals surface area (Å²) in [5.74, 6) is 1.05. The molecule has 22 heavy (non-hydrogen) atoms. The van der Waals surface area contributed by atoms with Gasteiger partial charge >= 0.3 is 0 Å². The fourth-order valence-corrected chi connectivity index (χ4v) is 3.20. The Morgan fingerprint density at radius 3 is 2.68 bits per heavy atom. The van der Waals surface area contributed by atoms with Crippen LogP contribution < -0.4 is 11.1 Å². The molecule has 0 aliphatic carbocycles. The summed E-state index contributed by atoms with van der Waals surface area (Å²) < 4.78 is 2.27. The molecule has 0 bridgehead atoms. The number of fused-ring (bicyclic) bond motifs is 1. The van der Waals surface area contributed by atoms with Crippen molar-refractivity contribution in [3.63, 3.8) is 0 Å². The third kappa shape index (κ3) is 2.52. The van der Waals surface area contributed by atoms with Gasteiger partial charge in [0.1, 0.15) is 5.82 Å². The average Bonchev–Trinajstić information content (AvgIpc) is 2.81. The van der Waals surface area contributed by atoms with Gasteiger partial charge in [0.05, 0.1) is 5.69 Å². The first-order valence-corrected chi connectivity index (χ1v) is 7.68. The van der Waals surface area contributed by atoms with Crippen LogP contribution in [0.5, 0.6) is 0 Å². The minimum atomic E-state index is -0.0656. The molecule has 1 aromatic heterocycles. The first-order valence-electron chi connectivity index (χ1n) is 7.68. The van der Waals surface area contributed by atoms with Crippen molar-refractivity contribution in [2.75, 3.05) is 5.32 Å². The van der Waals surface area contributed by atoms with E-state index in [1.54, 1.807) is 0 Å². The van der Waals surface area contributed by atoms with E-state index >= 15 is 0 Å². The van der Waals surface area contributed by atoms with Crippen LogP contribution in [0, 0.1) is 6.92 Å². The molecule has 1 aliphatic heterocycles. The fraction of sp³-hybridized carbons (Fsp3) is 0.412. The Bertz CT molecular complexity index is 702. The standard InChI is InChI=1S/C17H22N4O/c1-10-15(18)8-9-16-20-17(11(2)21(10)16)13-4-6-14(7-5-13)19-12(3)22/h4-7,10,15H,8-9,18H2,1-3H3,(H,19,22). The molecule has 1 aromatic carbocycles. The van der Waals surface area contributed by atoms with Crippen LogP contribution in [0.3, 0.4) is 0 Å². The minimum Gasteiger partial charge on any atom is -0.327 e. The first kappa shape index (κ1) is 14.8. The summed E-state index contributed by atoms with van der Waals surface area (Å²) in [6.07, 6.45) is 1.91. The van der Waals surface area contributed by atoms with E-state index in [1.165, 1.54) is 6.92 Å². The summed E-state index contributed by atoms with van der Waals surface area (Å²) in [7, 11) is 0. The van der Waals surface area contributed by atoms with Gasteiger partial charge in [0, 0.05) is 42.4 Å². The molecule has 2 atom stereocenters. The molecule has 3 rings (SSSR count). The number of hydrogen-bond donors (Lipinski definition) is 2. The van der Waals surface area contributed by atoms with E-state index in [1.807, 2.05) is 24.3 Å². The van der Waals surface area contributed by atoms with Gasteiger partial charge in [-0.15, -0.1) is 0 Å². The summed E-state index contributed by atoms with van der Waals surface area (Å²) >= 11 is 0. The zero-order valence-corrected chi connectivity index (χ0v) is 13.3.